The first-order chi connectivity index (χ1) is 9.18. The van der Waals surface area contributed by atoms with E-state index in [4.69, 9.17) is 0 Å². The fourth-order valence-corrected chi connectivity index (χ4v) is 2.76. The summed E-state index contributed by atoms with van der Waals surface area (Å²) in [4.78, 5) is 0. The van der Waals surface area contributed by atoms with Crippen LogP contribution in [0, 0.1) is 11.3 Å². The molecule has 0 spiro atoms. The summed E-state index contributed by atoms with van der Waals surface area (Å²) in [6, 6.07) is 10.8. The highest BCUT2D eigenvalue weighted by Gasteiger charge is 2.22. The molecule has 0 radical (unpaired) electrons. The minimum Gasteiger partial charge on any atom is -0.0950 e. The molecule has 1 rings (SSSR count). The standard InChI is InChI=1S/C19H30Si/c1-19(2,3)18(14-10-11-15-20(4,5)6)16-17-12-8-7-9-13-17/h7-15,18H,16H2,1-6H3/b14-10+,15-11+. The molecule has 0 amide bonds. The van der Waals surface area contributed by atoms with E-state index in [1.165, 1.54) is 5.56 Å². The average molecular weight is 287 g/mol. The van der Waals surface area contributed by atoms with E-state index in [9.17, 15) is 0 Å². The highest BCUT2D eigenvalue weighted by Crippen LogP contribution is 2.30. The first-order valence-corrected chi connectivity index (χ1v) is 11.2. The molecule has 110 valence electrons. The molecule has 0 aliphatic carbocycles. The molecule has 0 N–H and O–H groups in total. The second-order valence-corrected chi connectivity index (χ2v) is 12.8. The lowest BCUT2D eigenvalue weighted by Gasteiger charge is -2.28. The van der Waals surface area contributed by atoms with Crippen LogP contribution in [0.15, 0.2) is 54.3 Å². The Labute approximate surface area is 126 Å². The van der Waals surface area contributed by atoms with E-state index < -0.39 is 8.07 Å². The summed E-state index contributed by atoms with van der Waals surface area (Å²) in [5, 5.41) is 0. The maximum Gasteiger partial charge on any atom is 0.0686 e. The zero-order valence-electron chi connectivity index (χ0n) is 14.0. The van der Waals surface area contributed by atoms with Crippen LogP contribution in [0.1, 0.15) is 26.3 Å². The second kappa shape index (κ2) is 7.08. The van der Waals surface area contributed by atoms with Gasteiger partial charge in [-0.1, -0.05) is 94.7 Å². The Morgan fingerprint density at radius 1 is 1.00 bits per heavy atom. The Hall–Kier alpha value is -1.08. The zero-order chi connectivity index (χ0) is 15.2. The van der Waals surface area contributed by atoms with Crippen molar-refractivity contribution < 1.29 is 0 Å². The van der Waals surface area contributed by atoms with Gasteiger partial charge in [-0.15, -0.1) is 0 Å². The van der Waals surface area contributed by atoms with Gasteiger partial charge in [-0.2, -0.15) is 0 Å². The maximum atomic E-state index is 2.39. The first kappa shape index (κ1) is 17.0. The highest BCUT2D eigenvalue weighted by molar-refractivity contribution is 6.80. The fraction of sp³-hybridized carbons (Fsp3) is 0.474. The van der Waals surface area contributed by atoms with Crippen molar-refractivity contribution in [2.75, 3.05) is 0 Å². The van der Waals surface area contributed by atoms with Gasteiger partial charge >= 0.3 is 0 Å². The average Bonchev–Trinajstić information content (AvgIpc) is 2.32. The van der Waals surface area contributed by atoms with Gasteiger partial charge in [0, 0.05) is 0 Å². The Bertz CT molecular complexity index is 441. The number of benzene rings is 1. The first-order valence-electron chi connectivity index (χ1n) is 7.58. The van der Waals surface area contributed by atoms with E-state index in [2.05, 4.69) is 94.7 Å². The van der Waals surface area contributed by atoms with Crippen molar-refractivity contribution in [1.29, 1.82) is 0 Å². The summed E-state index contributed by atoms with van der Waals surface area (Å²) < 4.78 is 0. The van der Waals surface area contributed by atoms with Gasteiger partial charge in [-0.3, -0.25) is 0 Å². The third-order valence-corrected chi connectivity index (χ3v) is 4.65. The van der Waals surface area contributed by atoms with Crippen molar-refractivity contribution in [3.63, 3.8) is 0 Å². The van der Waals surface area contributed by atoms with Gasteiger partial charge < -0.3 is 0 Å². The van der Waals surface area contributed by atoms with E-state index in [0.29, 0.717) is 11.3 Å². The van der Waals surface area contributed by atoms with Crippen molar-refractivity contribution in [3.05, 3.63) is 59.8 Å². The Morgan fingerprint density at radius 3 is 2.10 bits per heavy atom. The molecule has 0 aromatic heterocycles. The third-order valence-electron chi connectivity index (χ3n) is 3.46. The smallest absolute Gasteiger partial charge is 0.0686 e. The molecule has 1 aromatic rings. The number of allylic oxidation sites excluding steroid dienone is 3. The van der Waals surface area contributed by atoms with Gasteiger partial charge in [0.2, 0.25) is 0 Å². The molecule has 0 fully saturated rings. The van der Waals surface area contributed by atoms with E-state index in [1.807, 2.05) is 0 Å². The van der Waals surface area contributed by atoms with E-state index >= 15 is 0 Å². The molecule has 0 heterocycles. The van der Waals surface area contributed by atoms with Crippen LogP contribution in [-0.4, -0.2) is 8.07 Å². The van der Waals surface area contributed by atoms with Gasteiger partial charge in [0.25, 0.3) is 0 Å². The topological polar surface area (TPSA) is 0 Å². The van der Waals surface area contributed by atoms with Crippen molar-refractivity contribution in [2.24, 2.45) is 11.3 Å². The molecule has 20 heavy (non-hydrogen) atoms. The predicted octanol–water partition coefficient (Wildman–Crippen LogP) is 5.88. The fourth-order valence-electron chi connectivity index (χ4n) is 2.07. The van der Waals surface area contributed by atoms with Crippen LogP contribution in [0.5, 0.6) is 0 Å². The largest absolute Gasteiger partial charge is 0.0950 e. The van der Waals surface area contributed by atoms with Gasteiger partial charge in [-0.25, -0.2) is 0 Å². The minimum absolute atomic E-state index is 0.291. The SMILES string of the molecule is CC(C)(C)C(/C=C/C=C/[Si](C)(C)C)Cc1ccccc1. The van der Waals surface area contributed by atoms with Crippen molar-refractivity contribution in [2.45, 2.75) is 46.8 Å². The summed E-state index contributed by atoms with van der Waals surface area (Å²) in [7, 11) is -1.08. The highest BCUT2D eigenvalue weighted by atomic mass is 28.3. The molecule has 0 aliphatic rings. The van der Waals surface area contributed by atoms with Crippen LogP contribution in [-0.2, 0) is 6.42 Å². The summed E-state index contributed by atoms with van der Waals surface area (Å²) >= 11 is 0. The Balaban J connectivity index is 2.76. The van der Waals surface area contributed by atoms with Gasteiger partial charge in [0.1, 0.15) is 0 Å². The zero-order valence-corrected chi connectivity index (χ0v) is 15.0. The summed E-state index contributed by atoms with van der Waals surface area (Å²) in [6.45, 7) is 14.1. The molecule has 0 saturated heterocycles. The predicted molar refractivity (Wildman–Crippen MR) is 94.7 cm³/mol. The van der Waals surface area contributed by atoms with Crippen molar-refractivity contribution in [3.8, 4) is 0 Å². The van der Waals surface area contributed by atoms with E-state index in [1.54, 1.807) is 0 Å². The molecule has 0 nitrogen and oxygen atoms in total. The molecular formula is C19H30Si. The monoisotopic (exact) mass is 286 g/mol. The minimum atomic E-state index is -1.08. The Kier molecular flexibility index (Phi) is 6.00. The van der Waals surface area contributed by atoms with E-state index in [-0.39, 0.29) is 0 Å². The molecule has 1 aromatic carbocycles. The van der Waals surface area contributed by atoms with Crippen LogP contribution in [0.2, 0.25) is 19.6 Å². The summed E-state index contributed by atoms with van der Waals surface area (Å²) in [6.07, 6.45) is 7.98. The Morgan fingerprint density at radius 2 is 1.60 bits per heavy atom. The van der Waals surface area contributed by atoms with Crippen LogP contribution in [0.25, 0.3) is 0 Å². The summed E-state index contributed by atoms with van der Waals surface area (Å²) in [5.41, 5.74) is 4.11. The molecule has 0 aliphatic heterocycles. The molecule has 0 bridgehead atoms. The molecule has 1 heteroatoms. The lowest BCUT2D eigenvalue weighted by atomic mass is 9.77. The lowest BCUT2D eigenvalue weighted by Crippen LogP contribution is -2.20. The van der Waals surface area contributed by atoms with Gasteiger partial charge in [0.05, 0.1) is 8.07 Å². The maximum absolute atomic E-state index is 2.39. The molecule has 1 atom stereocenters. The molecule has 1 unspecified atom stereocenters. The summed E-state index contributed by atoms with van der Waals surface area (Å²) in [5.74, 6) is 0.566. The van der Waals surface area contributed by atoms with Crippen LogP contribution in [0.4, 0.5) is 0 Å². The quantitative estimate of drug-likeness (QED) is 0.468. The van der Waals surface area contributed by atoms with Crippen LogP contribution < -0.4 is 0 Å². The van der Waals surface area contributed by atoms with Crippen LogP contribution >= 0.6 is 0 Å². The lowest BCUT2D eigenvalue weighted by molar-refractivity contribution is 0.291. The number of hydrogen-bond donors (Lipinski definition) is 0. The normalized spacial score (nSPS) is 15.1. The number of hydrogen-bond acceptors (Lipinski definition) is 0. The second-order valence-electron chi connectivity index (χ2n) is 7.77. The van der Waals surface area contributed by atoms with Crippen molar-refractivity contribution in [1.82, 2.24) is 0 Å². The molecular weight excluding hydrogens is 256 g/mol. The van der Waals surface area contributed by atoms with Crippen molar-refractivity contribution >= 4 is 8.07 Å². The van der Waals surface area contributed by atoms with Gasteiger partial charge in [-0.05, 0) is 23.3 Å². The van der Waals surface area contributed by atoms with Crippen LogP contribution in [0.3, 0.4) is 0 Å². The van der Waals surface area contributed by atoms with Gasteiger partial charge in [0.15, 0.2) is 0 Å². The third kappa shape index (κ3) is 6.90. The number of rotatable bonds is 5. The molecule has 0 saturated carbocycles. The van der Waals surface area contributed by atoms with E-state index in [0.717, 1.165) is 6.42 Å².